The van der Waals surface area contributed by atoms with Gasteiger partial charge in [0.15, 0.2) is 0 Å². The van der Waals surface area contributed by atoms with Crippen LogP contribution >= 0.6 is 0 Å². The fourth-order valence-corrected chi connectivity index (χ4v) is 2.91. The van der Waals surface area contributed by atoms with E-state index in [1.165, 1.54) is 11.8 Å². The predicted molar refractivity (Wildman–Crippen MR) is 80.8 cm³/mol. The predicted octanol–water partition coefficient (Wildman–Crippen LogP) is 2.44. The van der Waals surface area contributed by atoms with E-state index in [1.54, 1.807) is 6.07 Å². The molecule has 1 unspecified atom stereocenters. The highest BCUT2D eigenvalue weighted by Gasteiger charge is 2.27. The van der Waals surface area contributed by atoms with Gasteiger partial charge in [-0.15, -0.1) is 0 Å². The van der Waals surface area contributed by atoms with Crippen LogP contribution in [0.1, 0.15) is 28.1 Å². The number of amides is 1. The molecule has 1 amide bonds. The monoisotopic (exact) mass is 284 g/mol. The maximum atomic E-state index is 12.4. The smallest absolute Gasteiger partial charge is 0.257 e. The minimum atomic E-state index is 0.0500. The Morgan fingerprint density at radius 1 is 1.33 bits per heavy atom. The molecule has 1 saturated heterocycles. The van der Waals surface area contributed by atoms with Gasteiger partial charge in [0.1, 0.15) is 12.0 Å². The number of likely N-dealkylation sites (tertiary alicyclic amines) is 1. The molecule has 0 radical (unpaired) electrons. The minimum absolute atomic E-state index is 0.0500. The van der Waals surface area contributed by atoms with Crippen molar-refractivity contribution in [1.29, 1.82) is 0 Å². The van der Waals surface area contributed by atoms with E-state index < -0.39 is 0 Å². The van der Waals surface area contributed by atoms with E-state index in [9.17, 15) is 4.79 Å². The second-order valence-corrected chi connectivity index (χ2v) is 5.60. The van der Waals surface area contributed by atoms with Crippen molar-refractivity contribution < 1.29 is 9.21 Å². The van der Waals surface area contributed by atoms with E-state index in [0.717, 1.165) is 25.9 Å². The number of nitrogens with two attached hydrogens (primary N) is 1. The number of hydrogen-bond donors (Lipinski definition) is 1. The lowest BCUT2D eigenvalue weighted by Crippen LogP contribution is -2.28. The van der Waals surface area contributed by atoms with Crippen molar-refractivity contribution in [3.8, 4) is 0 Å². The van der Waals surface area contributed by atoms with E-state index >= 15 is 0 Å². The highest BCUT2D eigenvalue weighted by atomic mass is 16.3. The van der Waals surface area contributed by atoms with E-state index in [-0.39, 0.29) is 5.91 Å². The molecule has 0 saturated carbocycles. The van der Waals surface area contributed by atoms with E-state index in [0.29, 0.717) is 23.8 Å². The first-order valence-electron chi connectivity index (χ1n) is 7.37. The molecule has 1 aliphatic rings. The largest absolute Gasteiger partial charge is 0.467 e. The van der Waals surface area contributed by atoms with Crippen LogP contribution in [0.4, 0.5) is 0 Å². The average molecular weight is 284 g/mol. The topological polar surface area (TPSA) is 59.5 Å². The van der Waals surface area contributed by atoms with Crippen LogP contribution in [0, 0.1) is 5.92 Å². The minimum Gasteiger partial charge on any atom is -0.467 e. The molecule has 1 aliphatic heterocycles. The molecule has 1 aromatic heterocycles. The Bertz CT molecular complexity index is 606. The Morgan fingerprint density at radius 3 is 2.86 bits per heavy atom. The standard InChI is InChI=1S/C17H20N2O2/c18-10-16-9-15(12-21-16)17(20)19-7-6-14(11-19)8-13-4-2-1-3-5-13/h1-5,9,12,14H,6-8,10-11,18H2. The van der Waals surface area contributed by atoms with Gasteiger partial charge in [-0.1, -0.05) is 30.3 Å². The van der Waals surface area contributed by atoms with Crippen molar-refractivity contribution in [1.82, 2.24) is 4.90 Å². The van der Waals surface area contributed by atoms with Crippen LogP contribution in [0.5, 0.6) is 0 Å². The van der Waals surface area contributed by atoms with Gasteiger partial charge < -0.3 is 15.1 Å². The number of rotatable bonds is 4. The van der Waals surface area contributed by atoms with E-state index in [4.69, 9.17) is 10.2 Å². The van der Waals surface area contributed by atoms with Gasteiger partial charge in [0.25, 0.3) is 5.91 Å². The molecule has 2 N–H and O–H groups in total. The number of carbonyl (C=O) groups is 1. The molecule has 2 heterocycles. The first-order chi connectivity index (χ1) is 10.3. The molecule has 2 aromatic rings. The molecule has 0 aliphatic carbocycles. The molecule has 4 nitrogen and oxygen atoms in total. The van der Waals surface area contributed by atoms with Gasteiger partial charge in [-0.3, -0.25) is 4.79 Å². The molecule has 110 valence electrons. The first-order valence-corrected chi connectivity index (χ1v) is 7.37. The first kappa shape index (κ1) is 13.9. The van der Waals surface area contributed by atoms with Gasteiger partial charge in [0, 0.05) is 13.1 Å². The van der Waals surface area contributed by atoms with Crippen LogP contribution in [0.25, 0.3) is 0 Å². The third-order valence-electron chi connectivity index (χ3n) is 4.04. The molecule has 4 heteroatoms. The molecule has 1 fully saturated rings. The molecule has 21 heavy (non-hydrogen) atoms. The summed E-state index contributed by atoms with van der Waals surface area (Å²) in [5.41, 5.74) is 7.45. The zero-order chi connectivity index (χ0) is 14.7. The fraction of sp³-hybridized carbons (Fsp3) is 0.353. The van der Waals surface area contributed by atoms with Crippen molar-refractivity contribution in [2.75, 3.05) is 13.1 Å². The van der Waals surface area contributed by atoms with Gasteiger partial charge in [-0.2, -0.15) is 0 Å². The molecule has 0 bridgehead atoms. The Hall–Kier alpha value is -2.07. The quantitative estimate of drug-likeness (QED) is 0.938. The SMILES string of the molecule is NCc1cc(C(=O)N2CCC(Cc3ccccc3)C2)co1. The molecular weight excluding hydrogens is 264 g/mol. The Balaban J connectivity index is 1.60. The van der Waals surface area contributed by atoms with Crippen LogP contribution in [0.15, 0.2) is 47.1 Å². The lowest BCUT2D eigenvalue weighted by Gasteiger charge is -2.15. The summed E-state index contributed by atoms with van der Waals surface area (Å²) >= 11 is 0. The van der Waals surface area contributed by atoms with Crippen molar-refractivity contribution in [2.45, 2.75) is 19.4 Å². The number of furan rings is 1. The van der Waals surface area contributed by atoms with Crippen LogP contribution in [-0.4, -0.2) is 23.9 Å². The zero-order valence-electron chi connectivity index (χ0n) is 12.0. The van der Waals surface area contributed by atoms with Crippen LogP contribution in [-0.2, 0) is 13.0 Å². The van der Waals surface area contributed by atoms with Crippen molar-refractivity contribution >= 4 is 5.91 Å². The second-order valence-electron chi connectivity index (χ2n) is 5.60. The van der Waals surface area contributed by atoms with Crippen LogP contribution < -0.4 is 5.73 Å². The molecular formula is C17H20N2O2. The fourth-order valence-electron chi connectivity index (χ4n) is 2.91. The van der Waals surface area contributed by atoms with Crippen molar-refractivity contribution in [2.24, 2.45) is 11.7 Å². The Morgan fingerprint density at radius 2 is 2.14 bits per heavy atom. The number of nitrogens with zero attached hydrogens (tertiary/aromatic N) is 1. The third-order valence-corrected chi connectivity index (χ3v) is 4.04. The van der Waals surface area contributed by atoms with Crippen LogP contribution in [0.3, 0.4) is 0 Å². The molecule has 1 aromatic carbocycles. The van der Waals surface area contributed by atoms with Crippen LogP contribution in [0.2, 0.25) is 0 Å². The summed E-state index contributed by atoms with van der Waals surface area (Å²) < 4.78 is 5.24. The lowest BCUT2D eigenvalue weighted by molar-refractivity contribution is 0.0786. The highest BCUT2D eigenvalue weighted by Crippen LogP contribution is 2.23. The molecule has 3 rings (SSSR count). The van der Waals surface area contributed by atoms with Gasteiger partial charge in [0.05, 0.1) is 12.1 Å². The lowest BCUT2D eigenvalue weighted by atomic mass is 9.99. The molecule has 1 atom stereocenters. The maximum absolute atomic E-state index is 12.4. The van der Waals surface area contributed by atoms with Crippen molar-refractivity contribution in [3.05, 3.63) is 59.5 Å². The summed E-state index contributed by atoms with van der Waals surface area (Å²) in [5.74, 6) is 1.24. The summed E-state index contributed by atoms with van der Waals surface area (Å²) in [7, 11) is 0. The number of hydrogen-bond acceptors (Lipinski definition) is 3. The molecule has 0 spiro atoms. The average Bonchev–Trinajstić information content (AvgIpc) is 3.16. The summed E-state index contributed by atoms with van der Waals surface area (Å²) in [5, 5.41) is 0. The Labute approximate surface area is 124 Å². The van der Waals surface area contributed by atoms with Gasteiger partial charge >= 0.3 is 0 Å². The van der Waals surface area contributed by atoms with Gasteiger partial charge in [-0.25, -0.2) is 0 Å². The number of benzene rings is 1. The number of carbonyl (C=O) groups excluding carboxylic acids is 1. The summed E-state index contributed by atoms with van der Waals surface area (Å²) in [6, 6.07) is 12.2. The zero-order valence-corrected chi connectivity index (χ0v) is 12.0. The van der Waals surface area contributed by atoms with Gasteiger partial charge in [-0.05, 0) is 30.4 Å². The van der Waals surface area contributed by atoms with Crippen molar-refractivity contribution in [3.63, 3.8) is 0 Å². The van der Waals surface area contributed by atoms with E-state index in [2.05, 4.69) is 24.3 Å². The second kappa shape index (κ2) is 6.14. The highest BCUT2D eigenvalue weighted by molar-refractivity contribution is 5.94. The summed E-state index contributed by atoms with van der Waals surface area (Å²) in [6.45, 7) is 1.96. The third kappa shape index (κ3) is 3.16. The Kier molecular flexibility index (Phi) is 4.06. The normalized spacial score (nSPS) is 18.1. The summed E-state index contributed by atoms with van der Waals surface area (Å²) in [4.78, 5) is 14.3. The van der Waals surface area contributed by atoms with E-state index in [1.807, 2.05) is 11.0 Å². The maximum Gasteiger partial charge on any atom is 0.257 e. The summed E-state index contributed by atoms with van der Waals surface area (Å²) in [6.07, 6.45) is 3.60. The van der Waals surface area contributed by atoms with Gasteiger partial charge in [0.2, 0.25) is 0 Å².